The van der Waals surface area contributed by atoms with Crippen LogP contribution in [0, 0.1) is 28.6 Å². The number of hydrogen-bond donors (Lipinski definition) is 2. The SMILES string of the molecule is C=C1C[C@@]23CC[C@@H]4[C@H](C(=O)O)CCC[C@@]4(C)[C@@H]2CCC1(O)C3. The number of hydrogen-bond acceptors (Lipinski definition) is 2. The lowest BCUT2D eigenvalue weighted by molar-refractivity contribution is -0.167. The second-order valence-corrected chi connectivity index (χ2v) is 8.93. The minimum absolute atomic E-state index is 0.144. The first-order chi connectivity index (χ1) is 10.3. The van der Waals surface area contributed by atoms with Gasteiger partial charge in [0.05, 0.1) is 11.5 Å². The van der Waals surface area contributed by atoms with Crippen LogP contribution < -0.4 is 0 Å². The van der Waals surface area contributed by atoms with Gasteiger partial charge in [0.2, 0.25) is 0 Å². The molecule has 2 N–H and O–H groups in total. The van der Waals surface area contributed by atoms with Crippen LogP contribution in [0.1, 0.15) is 64.7 Å². The second-order valence-electron chi connectivity index (χ2n) is 8.93. The molecule has 22 heavy (non-hydrogen) atoms. The Morgan fingerprint density at radius 3 is 2.73 bits per heavy atom. The van der Waals surface area contributed by atoms with Crippen molar-refractivity contribution in [3.63, 3.8) is 0 Å². The Balaban J connectivity index is 1.72. The van der Waals surface area contributed by atoms with Crippen molar-refractivity contribution >= 4 is 5.97 Å². The molecule has 4 saturated carbocycles. The van der Waals surface area contributed by atoms with E-state index in [0.29, 0.717) is 11.8 Å². The van der Waals surface area contributed by atoms with Gasteiger partial charge in [-0.15, -0.1) is 0 Å². The standard InChI is InChI=1S/C19H28O3/c1-12-10-18-8-5-14-13(16(20)21)4-3-7-17(14,2)15(18)6-9-19(12,22)11-18/h13-15,22H,1,3-11H2,2H3,(H,20,21)/t13-,14-,15+,17-,18-,19?/m1/s1. The minimum Gasteiger partial charge on any atom is -0.481 e. The van der Waals surface area contributed by atoms with Gasteiger partial charge in [0.15, 0.2) is 0 Å². The first-order valence-corrected chi connectivity index (χ1v) is 8.94. The average Bonchev–Trinajstić information content (AvgIpc) is 2.62. The third kappa shape index (κ3) is 1.69. The highest BCUT2D eigenvalue weighted by atomic mass is 16.4. The predicted octanol–water partition coefficient (Wildman–Crippen LogP) is 3.76. The van der Waals surface area contributed by atoms with Gasteiger partial charge >= 0.3 is 5.97 Å². The van der Waals surface area contributed by atoms with E-state index < -0.39 is 11.6 Å². The van der Waals surface area contributed by atoms with Gasteiger partial charge in [-0.2, -0.15) is 0 Å². The fourth-order valence-electron chi connectivity index (χ4n) is 7.19. The van der Waals surface area contributed by atoms with E-state index in [1.165, 1.54) is 6.42 Å². The third-order valence-corrected chi connectivity index (χ3v) is 8.08. The molecule has 4 fully saturated rings. The molecule has 0 radical (unpaired) electrons. The summed E-state index contributed by atoms with van der Waals surface area (Å²) in [5, 5.41) is 20.5. The molecule has 1 spiro atoms. The van der Waals surface area contributed by atoms with E-state index in [-0.39, 0.29) is 16.7 Å². The van der Waals surface area contributed by atoms with Crippen molar-refractivity contribution in [3.05, 3.63) is 12.2 Å². The summed E-state index contributed by atoms with van der Waals surface area (Å²) in [6.07, 6.45) is 8.90. The molecule has 2 bridgehead atoms. The zero-order valence-electron chi connectivity index (χ0n) is 13.6. The topological polar surface area (TPSA) is 57.5 Å². The average molecular weight is 304 g/mol. The largest absolute Gasteiger partial charge is 0.481 e. The first-order valence-electron chi connectivity index (χ1n) is 8.94. The molecular formula is C19H28O3. The summed E-state index contributed by atoms with van der Waals surface area (Å²) in [5.41, 5.74) is 0.768. The van der Waals surface area contributed by atoms with Crippen LogP contribution in [0.25, 0.3) is 0 Å². The highest BCUT2D eigenvalue weighted by Gasteiger charge is 2.65. The molecule has 3 nitrogen and oxygen atoms in total. The van der Waals surface area contributed by atoms with E-state index in [2.05, 4.69) is 13.5 Å². The zero-order valence-corrected chi connectivity index (χ0v) is 13.6. The van der Waals surface area contributed by atoms with Gasteiger partial charge in [0.1, 0.15) is 0 Å². The van der Waals surface area contributed by atoms with Crippen LogP contribution in [0.3, 0.4) is 0 Å². The maximum Gasteiger partial charge on any atom is 0.306 e. The van der Waals surface area contributed by atoms with E-state index in [9.17, 15) is 15.0 Å². The van der Waals surface area contributed by atoms with Crippen LogP contribution in [-0.2, 0) is 4.79 Å². The van der Waals surface area contributed by atoms with E-state index in [1.807, 2.05) is 0 Å². The van der Waals surface area contributed by atoms with Crippen LogP contribution in [0.2, 0.25) is 0 Å². The molecule has 1 unspecified atom stereocenters. The highest BCUT2D eigenvalue weighted by molar-refractivity contribution is 5.70. The number of fused-ring (bicyclic) bond motifs is 3. The number of rotatable bonds is 1. The summed E-state index contributed by atoms with van der Waals surface area (Å²) in [5.74, 6) is 0.159. The van der Waals surface area contributed by atoms with Crippen molar-refractivity contribution in [2.75, 3.05) is 0 Å². The Bertz CT molecular complexity index is 541. The van der Waals surface area contributed by atoms with Crippen LogP contribution in [0.15, 0.2) is 12.2 Å². The Hall–Kier alpha value is -0.830. The lowest BCUT2D eigenvalue weighted by Crippen LogP contribution is -2.56. The number of carboxylic acid groups (broad SMARTS) is 1. The molecule has 6 atom stereocenters. The predicted molar refractivity (Wildman–Crippen MR) is 84.3 cm³/mol. The van der Waals surface area contributed by atoms with Crippen molar-refractivity contribution in [3.8, 4) is 0 Å². The van der Waals surface area contributed by atoms with Crippen molar-refractivity contribution in [1.29, 1.82) is 0 Å². The van der Waals surface area contributed by atoms with Crippen molar-refractivity contribution in [1.82, 2.24) is 0 Å². The van der Waals surface area contributed by atoms with Crippen LogP contribution in [-0.4, -0.2) is 21.8 Å². The van der Waals surface area contributed by atoms with Gasteiger partial charge in [-0.25, -0.2) is 0 Å². The Labute approximate surface area is 132 Å². The minimum atomic E-state index is -0.624. The van der Waals surface area contributed by atoms with E-state index >= 15 is 0 Å². The second kappa shape index (κ2) is 4.37. The fourth-order valence-corrected chi connectivity index (χ4v) is 7.19. The Morgan fingerprint density at radius 1 is 1.23 bits per heavy atom. The Kier molecular flexibility index (Phi) is 2.93. The van der Waals surface area contributed by atoms with Crippen LogP contribution in [0.5, 0.6) is 0 Å². The molecule has 0 amide bonds. The maximum absolute atomic E-state index is 11.7. The molecular weight excluding hydrogens is 276 g/mol. The summed E-state index contributed by atoms with van der Waals surface area (Å²) in [4.78, 5) is 11.7. The fraction of sp³-hybridized carbons (Fsp3) is 0.842. The molecule has 4 aliphatic carbocycles. The van der Waals surface area contributed by atoms with Gasteiger partial charge in [-0.05, 0) is 79.6 Å². The molecule has 3 heteroatoms. The summed E-state index contributed by atoms with van der Waals surface area (Å²) in [6, 6.07) is 0. The molecule has 0 aromatic heterocycles. The normalized spacial score (nSPS) is 53.7. The lowest BCUT2D eigenvalue weighted by atomic mass is 9.43. The monoisotopic (exact) mass is 304 g/mol. The van der Waals surface area contributed by atoms with Gasteiger partial charge in [-0.1, -0.05) is 19.9 Å². The summed E-state index contributed by atoms with van der Waals surface area (Å²) in [7, 11) is 0. The number of carboxylic acids is 1. The van der Waals surface area contributed by atoms with Gasteiger partial charge in [0, 0.05) is 0 Å². The van der Waals surface area contributed by atoms with Crippen LogP contribution in [0.4, 0.5) is 0 Å². The molecule has 0 saturated heterocycles. The van der Waals surface area contributed by atoms with Gasteiger partial charge in [-0.3, -0.25) is 4.79 Å². The van der Waals surface area contributed by atoms with Gasteiger partial charge in [0.25, 0.3) is 0 Å². The quantitative estimate of drug-likeness (QED) is 0.725. The molecule has 0 aromatic carbocycles. The third-order valence-electron chi connectivity index (χ3n) is 8.08. The van der Waals surface area contributed by atoms with Crippen molar-refractivity contribution in [2.45, 2.75) is 70.3 Å². The molecule has 0 aromatic rings. The summed E-state index contributed by atoms with van der Waals surface area (Å²) in [6.45, 7) is 6.55. The molecule has 4 rings (SSSR count). The Morgan fingerprint density at radius 2 is 2.00 bits per heavy atom. The molecule has 4 aliphatic rings. The van der Waals surface area contributed by atoms with E-state index in [1.54, 1.807) is 0 Å². The molecule has 0 heterocycles. The van der Waals surface area contributed by atoms with Crippen molar-refractivity contribution in [2.24, 2.45) is 28.6 Å². The number of carbonyl (C=O) groups is 1. The van der Waals surface area contributed by atoms with E-state index in [4.69, 9.17) is 0 Å². The lowest BCUT2D eigenvalue weighted by Gasteiger charge is -2.61. The number of aliphatic carboxylic acids is 1. The maximum atomic E-state index is 11.7. The van der Waals surface area contributed by atoms with Crippen LogP contribution >= 0.6 is 0 Å². The molecule has 122 valence electrons. The van der Waals surface area contributed by atoms with Crippen molar-refractivity contribution < 1.29 is 15.0 Å². The first kappa shape index (κ1) is 14.7. The highest BCUT2D eigenvalue weighted by Crippen LogP contribution is 2.71. The van der Waals surface area contributed by atoms with Gasteiger partial charge < -0.3 is 10.2 Å². The number of aliphatic hydroxyl groups is 1. The molecule has 0 aliphatic heterocycles. The van der Waals surface area contributed by atoms with E-state index in [0.717, 1.165) is 56.9 Å². The zero-order chi connectivity index (χ0) is 15.8. The smallest absolute Gasteiger partial charge is 0.306 e. The summed E-state index contributed by atoms with van der Waals surface area (Å²) >= 11 is 0. The summed E-state index contributed by atoms with van der Waals surface area (Å²) < 4.78 is 0.